The van der Waals surface area contributed by atoms with E-state index in [1.807, 2.05) is 12.1 Å². The molecular formula is C47H59ClF3NO6. The Labute approximate surface area is 345 Å². The highest BCUT2D eigenvalue weighted by Crippen LogP contribution is 2.62. The van der Waals surface area contributed by atoms with Gasteiger partial charge in [-0.3, -0.25) is 9.69 Å². The van der Waals surface area contributed by atoms with Crippen molar-refractivity contribution in [2.24, 2.45) is 28.6 Å². The fourth-order valence-electron chi connectivity index (χ4n) is 11.3. The van der Waals surface area contributed by atoms with Crippen LogP contribution in [0.5, 0.6) is 0 Å². The first-order valence-corrected chi connectivity index (χ1v) is 21.4. The number of rotatable bonds is 10. The van der Waals surface area contributed by atoms with Crippen LogP contribution in [0.3, 0.4) is 0 Å². The van der Waals surface area contributed by atoms with Crippen LogP contribution in [0.1, 0.15) is 124 Å². The molecule has 7 nitrogen and oxygen atoms in total. The molecular weight excluding hydrogens is 767 g/mol. The Bertz CT molecular complexity index is 2010. The topological polar surface area (TPSA) is 114 Å². The SMILES string of the molecule is CC1=CCCC2(C)C(CCC2(O)CN(CC(O)CO)CC2CCC3CC2C3(C)C)c2ccc(cc2C(=O)c2ccc(-c3cc(C(F)(F)F)ccc3Cl)o2)CC(O)CC1. The number of fused-ring (bicyclic) bond motifs is 10. The minimum atomic E-state index is -4.60. The Morgan fingerprint density at radius 2 is 1.81 bits per heavy atom. The number of nitrogens with zero attached hydrogens (tertiary/aromatic N) is 1. The molecule has 0 radical (unpaired) electrons. The number of carbonyl (C=O) groups excluding carboxylic acids is 1. The van der Waals surface area contributed by atoms with Gasteiger partial charge in [0.05, 0.1) is 35.0 Å². The van der Waals surface area contributed by atoms with Gasteiger partial charge in [0.1, 0.15) is 5.76 Å². The summed E-state index contributed by atoms with van der Waals surface area (Å²) in [6.07, 6.45) is 3.38. The molecule has 9 rings (SSSR count). The Hall–Kier alpha value is -2.99. The van der Waals surface area contributed by atoms with E-state index in [-0.39, 0.29) is 46.6 Å². The Morgan fingerprint density at radius 1 is 1.03 bits per heavy atom. The van der Waals surface area contributed by atoms with Crippen molar-refractivity contribution in [1.82, 2.24) is 4.90 Å². The predicted octanol–water partition coefficient (Wildman–Crippen LogP) is 9.62. The summed E-state index contributed by atoms with van der Waals surface area (Å²) in [7, 11) is 0. The van der Waals surface area contributed by atoms with Gasteiger partial charge >= 0.3 is 6.18 Å². The molecule has 0 saturated heterocycles. The van der Waals surface area contributed by atoms with Crippen molar-refractivity contribution in [3.63, 3.8) is 0 Å². The molecule has 11 heteroatoms. The second-order valence-electron chi connectivity index (χ2n) is 18.9. The number of allylic oxidation sites excluding steroid dienone is 2. The van der Waals surface area contributed by atoms with E-state index in [1.165, 1.54) is 30.5 Å². The van der Waals surface area contributed by atoms with Crippen LogP contribution in [0, 0.1) is 28.6 Å². The molecule has 1 aromatic heterocycles. The lowest BCUT2D eigenvalue weighted by atomic mass is 9.45. The van der Waals surface area contributed by atoms with Gasteiger partial charge in [0.15, 0.2) is 5.76 Å². The van der Waals surface area contributed by atoms with Crippen LogP contribution >= 0.6 is 11.6 Å². The number of halogens is 4. The third-order valence-corrected chi connectivity index (χ3v) is 15.3. The normalized spacial score (nSPS) is 30.4. The molecule has 0 aliphatic heterocycles. The van der Waals surface area contributed by atoms with Crippen molar-refractivity contribution in [1.29, 1.82) is 0 Å². The Balaban J connectivity index is 1.26. The molecule has 58 heavy (non-hydrogen) atoms. The van der Waals surface area contributed by atoms with Gasteiger partial charge in [-0.15, -0.1) is 0 Å². The molecule has 4 fully saturated rings. The molecule has 316 valence electrons. The van der Waals surface area contributed by atoms with E-state index in [0.29, 0.717) is 68.9 Å². The average Bonchev–Trinajstić information content (AvgIpc) is 3.75. The van der Waals surface area contributed by atoms with Gasteiger partial charge in [-0.25, -0.2) is 0 Å². The van der Waals surface area contributed by atoms with Crippen LogP contribution in [0.2, 0.25) is 5.02 Å². The van der Waals surface area contributed by atoms with Crippen LogP contribution in [0.25, 0.3) is 11.3 Å². The summed E-state index contributed by atoms with van der Waals surface area (Å²) in [5.74, 6) is 0.975. The largest absolute Gasteiger partial charge is 0.453 e. The molecule has 2 aromatic carbocycles. The maximum absolute atomic E-state index is 14.7. The van der Waals surface area contributed by atoms with Crippen molar-refractivity contribution < 1.29 is 42.8 Å². The van der Waals surface area contributed by atoms with E-state index in [2.05, 4.69) is 38.7 Å². The summed E-state index contributed by atoms with van der Waals surface area (Å²) in [6, 6.07) is 11.6. The number of aliphatic hydroxyl groups is 4. The number of carbonyl (C=O) groups is 1. The zero-order valence-electron chi connectivity index (χ0n) is 34.1. The van der Waals surface area contributed by atoms with E-state index in [4.69, 9.17) is 16.0 Å². The maximum atomic E-state index is 14.7. The van der Waals surface area contributed by atoms with Gasteiger partial charge in [-0.05, 0) is 148 Å². The highest BCUT2D eigenvalue weighted by atomic mass is 35.5. The summed E-state index contributed by atoms with van der Waals surface area (Å²) in [6.45, 7) is 9.80. The first kappa shape index (κ1) is 43.1. The molecule has 8 atom stereocenters. The van der Waals surface area contributed by atoms with Crippen molar-refractivity contribution in [3.05, 3.63) is 93.2 Å². The van der Waals surface area contributed by atoms with Crippen LogP contribution in [0.4, 0.5) is 13.2 Å². The van der Waals surface area contributed by atoms with E-state index >= 15 is 0 Å². The van der Waals surface area contributed by atoms with E-state index < -0.39 is 40.7 Å². The van der Waals surface area contributed by atoms with Crippen molar-refractivity contribution in [2.75, 3.05) is 26.2 Å². The van der Waals surface area contributed by atoms with Crippen LogP contribution < -0.4 is 0 Å². The highest BCUT2D eigenvalue weighted by molar-refractivity contribution is 6.33. The molecule has 0 amide bonds. The molecule has 1 heterocycles. The van der Waals surface area contributed by atoms with Crippen molar-refractivity contribution in [2.45, 2.75) is 122 Å². The van der Waals surface area contributed by atoms with Gasteiger partial charge in [-0.1, -0.05) is 56.2 Å². The van der Waals surface area contributed by atoms with E-state index in [9.17, 15) is 38.4 Å². The number of hydrogen-bond donors (Lipinski definition) is 4. The molecule has 8 unspecified atom stereocenters. The lowest BCUT2D eigenvalue weighted by Gasteiger charge is -2.61. The minimum absolute atomic E-state index is 0.0173. The van der Waals surface area contributed by atoms with Crippen molar-refractivity contribution in [3.8, 4) is 11.3 Å². The summed E-state index contributed by atoms with van der Waals surface area (Å²) >= 11 is 6.35. The fourth-order valence-corrected chi connectivity index (χ4v) is 11.5. The number of alkyl halides is 3. The van der Waals surface area contributed by atoms with Crippen LogP contribution in [-0.4, -0.2) is 75.2 Å². The van der Waals surface area contributed by atoms with Crippen LogP contribution in [-0.2, 0) is 12.6 Å². The number of benzene rings is 2. The second-order valence-corrected chi connectivity index (χ2v) is 19.3. The molecule has 0 spiro atoms. The number of hydrogen-bond acceptors (Lipinski definition) is 7. The molecule has 3 aromatic rings. The van der Waals surface area contributed by atoms with Crippen molar-refractivity contribution >= 4 is 17.4 Å². The zero-order valence-corrected chi connectivity index (χ0v) is 34.9. The van der Waals surface area contributed by atoms with E-state index in [0.717, 1.165) is 48.2 Å². The summed E-state index contributed by atoms with van der Waals surface area (Å²) in [4.78, 5) is 16.8. The van der Waals surface area contributed by atoms with E-state index in [1.54, 1.807) is 6.07 Å². The standard InChI is InChI=1S/C47H59ClF3NO6/c1-28-6-5-18-45(4)38(17-19-46(45,57)27-52(25-34(55)26-53)24-30-9-10-31-23-39(30)44(31,2)3)35-13-8-29(20-33(54)12-7-28)21-36(35)43(56)42-16-15-41(58-42)37-22-32(47(49,50)51)11-14-40(37)48/h6,8,11,13-16,21-22,30-31,33-34,38-39,53-55,57H,5,7,9-10,12,17-20,23-27H2,1-4H3. The smallest absolute Gasteiger partial charge is 0.416 e. The summed E-state index contributed by atoms with van der Waals surface area (Å²) < 4.78 is 46.9. The zero-order chi connectivity index (χ0) is 41.8. The summed E-state index contributed by atoms with van der Waals surface area (Å²) in [5, 5.41) is 45.0. The highest BCUT2D eigenvalue weighted by Gasteiger charge is 2.58. The number of furan rings is 1. The average molecular weight is 826 g/mol. The molecule has 6 aliphatic rings. The molecule has 4 N–H and O–H groups in total. The predicted molar refractivity (Wildman–Crippen MR) is 219 cm³/mol. The van der Waals surface area contributed by atoms with Gasteiger partial charge in [0.25, 0.3) is 0 Å². The quantitative estimate of drug-likeness (QED) is 0.119. The second kappa shape index (κ2) is 16.5. The lowest BCUT2D eigenvalue weighted by molar-refractivity contribution is -0.137. The van der Waals surface area contributed by atoms with Gasteiger partial charge in [-0.2, -0.15) is 13.2 Å². The van der Waals surface area contributed by atoms with Gasteiger partial charge in [0, 0.05) is 36.2 Å². The monoisotopic (exact) mass is 825 g/mol. The fraction of sp³-hybridized carbons (Fsp3) is 0.596. The minimum Gasteiger partial charge on any atom is -0.453 e. The van der Waals surface area contributed by atoms with Gasteiger partial charge in [0.2, 0.25) is 5.78 Å². The third kappa shape index (κ3) is 8.35. The lowest BCUT2D eigenvalue weighted by Crippen LogP contribution is -2.58. The molecule has 6 aliphatic carbocycles. The first-order valence-electron chi connectivity index (χ1n) is 21.0. The third-order valence-electron chi connectivity index (χ3n) is 15.0. The Kier molecular flexibility index (Phi) is 12.2. The maximum Gasteiger partial charge on any atom is 0.416 e. The summed E-state index contributed by atoms with van der Waals surface area (Å²) in [5.41, 5.74) is 0.475. The first-order chi connectivity index (χ1) is 27.3. The van der Waals surface area contributed by atoms with Gasteiger partial charge < -0.3 is 24.8 Å². The molecule has 4 bridgehead atoms. The number of ketones is 1. The number of aliphatic hydroxyl groups excluding tert-OH is 3. The molecule has 4 saturated carbocycles. The van der Waals surface area contributed by atoms with Crippen LogP contribution in [0.15, 0.2) is 64.6 Å². The Morgan fingerprint density at radius 3 is 2.52 bits per heavy atom.